The molecule has 140 valence electrons. The maximum Gasteiger partial charge on any atom is 0.407 e. The fraction of sp³-hybridized carbons (Fsp3) is 0.364. The topological polar surface area (TPSA) is 64.6 Å². The Morgan fingerprint density at radius 2 is 1.63 bits per heavy atom. The molecule has 0 unspecified atom stereocenters. The molecule has 0 spiro atoms. The highest BCUT2D eigenvalue weighted by molar-refractivity contribution is 5.79. The Bertz CT molecular complexity index is 789. The SMILES string of the molecule is O=CO[C@@H]1CCCC[C@H]1NC(=O)OCC1c2ccccc2-c2ccccc21. The Kier molecular flexibility index (Phi) is 5.10. The molecule has 2 atom stereocenters. The summed E-state index contributed by atoms with van der Waals surface area (Å²) in [6.45, 7) is 0.744. The van der Waals surface area contributed by atoms with Crippen LogP contribution in [0, 0.1) is 0 Å². The summed E-state index contributed by atoms with van der Waals surface area (Å²) in [5.74, 6) is 0.0385. The molecule has 1 saturated carbocycles. The Morgan fingerprint density at radius 3 is 2.30 bits per heavy atom. The molecule has 2 aromatic rings. The minimum atomic E-state index is -0.455. The highest BCUT2D eigenvalue weighted by Gasteiger charge is 2.31. The fourth-order valence-electron chi connectivity index (χ4n) is 4.29. The van der Waals surface area contributed by atoms with Crippen LogP contribution in [0.25, 0.3) is 11.1 Å². The number of hydrogen-bond acceptors (Lipinski definition) is 4. The van der Waals surface area contributed by atoms with Crippen molar-refractivity contribution in [1.29, 1.82) is 0 Å². The van der Waals surface area contributed by atoms with Crippen LogP contribution < -0.4 is 5.32 Å². The molecule has 0 heterocycles. The zero-order valence-corrected chi connectivity index (χ0v) is 15.1. The molecule has 0 bridgehead atoms. The molecule has 0 radical (unpaired) electrons. The van der Waals surface area contributed by atoms with Gasteiger partial charge in [0.15, 0.2) is 0 Å². The number of nitrogens with one attached hydrogen (secondary N) is 1. The van der Waals surface area contributed by atoms with Crippen LogP contribution in [-0.4, -0.2) is 31.3 Å². The quantitative estimate of drug-likeness (QED) is 0.813. The standard InChI is InChI=1S/C22H23NO4/c24-14-27-21-12-6-5-11-20(21)23-22(25)26-13-19-17-9-3-1-7-15(17)16-8-2-4-10-18(16)19/h1-4,7-10,14,19-21H,5-6,11-13H2,(H,23,25)/t20-,21-/m1/s1. The maximum atomic E-state index is 12.4. The van der Waals surface area contributed by atoms with Crippen molar-refractivity contribution in [2.75, 3.05) is 6.61 Å². The average molecular weight is 365 g/mol. The van der Waals surface area contributed by atoms with Crippen molar-refractivity contribution in [3.05, 3.63) is 59.7 Å². The molecule has 0 saturated heterocycles. The summed E-state index contributed by atoms with van der Waals surface area (Å²) in [5, 5.41) is 2.88. The lowest BCUT2D eigenvalue weighted by Crippen LogP contribution is -2.46. The van der Waals surface area contributed by atoms with E-state index in [2.05, 4.69) is 29.6 Å². The number of hydrogen-bond donors (Lipinski definition) is 1. The van der Waals surface area contributed by atoms with Crippen molar-refractivity contribution in [3.8, 4) is 11.1 Å². The lowest BCUT2D eigenvalue weighted by atomic mass is 9.92. The van der Waals surface area contributed by atoms with Crippen molar-refractivity contribution in [1.82, 2.24) is 5.32 Å². The van der Waals surface area contributed by atoms with Crippen molar-refractivity contribution in [2.24, 2.45) is 0 Å². The van der Waals surface area contributed by atoms with E-state index in [0.717, 1.165) is 25.7 Å². The smallest absolute Gasteiger partial charge is 0.407 e. The summed E-state index contributed by atoms with van der Waals surface area (Å²) in [5.41, 5.74) is 4.78. The second-order valence-electron chi connectivity index (χ2n) is 7.13. The number of carbonyl (C=O) groups is 2. The molecule has 27 heavy (non-hydrogen) atoms. The molecule has 1 fully saturated rings. The monoisotopic (exact) mass is 365 g/mol. The van der Waals surface area contributed by atoms with Crippen LogP contribution in [0.5, 0.6) is 0 Å². The molecule has 1 amide bonds. The lowest BCUT2D eigenvalue weighted by Gasteiger charge is -2.30. The molecular formula is C22H23NO4. The van der Waals surface area contributed by atoms with Gasteiger partial charge in [-0.2, -0.15) is 0 Å². The van der Waals surface area contributed by atoms with E-state index < -0.39 is 6.09 Å². The van der Waals surface area contributed by atoms with Gasteiger partial charge in [-0.3, -0.25) is 4.79 Å². The number of fused-ring (bicyclic) bond motifs is 3. The van der Waals surface area contributed by atoms with E-state index in [9.17, 15) is 9.59 Å². The van der Waals surface area contributed by atoms with Crippen molar-refractivity contribution in [3.63, 3.8) is 0 Å². The van der Waals surface area contributed by atoms with Gasteiger partial charge in [-0.1, -0.05) is 55.0 Å². The first-order valence-corrected chi connectivity index (χ1v) is 9.48. The largest absolute Gasteiger partial charge is 0.462 e. The molecule has 1 N–H and O–H groups in total. The number of benzene rings is 2. The third kappa shape index (κ3) is 3.54. The molecule has 2 aliphatic rings. The number of amides is 1. The summed E-state index contributed by atoms with van der Waals surface area (Å²) in [4.78, 5) is 23.0. The van der Waals surface area contributed by atoms with Crippen LogP contribution in [0.15, 0.2) is 48.5 Å². The molecule has 5 heteroatoms. The van der Waals surface area contributed by atoms with Gasteiger partial charge in [-0.05, 0) is 41.5 Å². The van der Waals surface area contributed by atoms with Crippen molar-refractivity contribution < 1.29 is 19.1 Å². The highest BCUT2D eigenvalue weighted by atomic mass is 16.6. The predicted molar refractivity (Wildman–Crippen MR) is 101 cm³/mol. The Morgan fingerprint density at radius 1 is 1.00 bits per heavy atom. The maximum absolute atomic E-state index is 12.4. The van der Waals surface area contributed by atoms with E-state index in [1.54, 1.807) is 0 Å². The van der Waals surface area contributed by atoms with E-state index in [1.165, 1.54) is 22.3 Å². The molecular weight excluding hydrogens is 342 g/mol. The minimum Gasteiger partial charge on any atom is -0.462 e. The van der Waals surface area contributed by atoms with E-state index in [-0.39, 0.29) is 24.7 Å². The molecule has 5 nitrogen and oxygen atoms in total. The zero-order valence-electron chi connectivity index (χ0n) is 15.1. The molecule has 2 aliphatic carbocycles. The number of ether oxygens (including phenoxy) is 2. The van der Waals surface area contributed by atoms with Gasteiger partial charge in [0, 0.05) is 5.92 Å². The van der Waals surface area contributed by atoms with Crippen LogP contribution in [0.1, 0.15) is 42.7 Å². The van der Waals surface area contributed by atoms with Gasteiger partial charge in [0.2, 0.25) is 0 Å². The van der Waals surface area contributed by atoms with Crippen LogP contribution in [0.3, 0.4) is 0 Å². The third-order valence-corrected chi connectivity index (χ3v) is 5.58. The molecule has 4 rings (SSSR count). The van der Waals surface area contributed by atoms with Gasteiger partial charge in [0.1, 0.15) is 12.7 Å². The first-order valence-electron chi connectivity index (χ1n) is 9.48. The van der Waals surface area contributed by atoms with Crippen LogP contribution in [0.2, 0.25) is 0 Å². The van der Waals surface area contributed by atoms with Gasteiger partial charge in [0.25, 0.3) is 6.47 Å². The summed E-state index contributed by atoms with van der Waals surface area (Å²) in [7, 11) is 0. The van der Waals surface area contributed by atoms with Gasteiger partial charge >= 0.3 is 6.09 Å². The lowest BCUT2D eigenvalue weighted by molar-refractivity contribution is -0.136. The highest BCUT2D eigenvalue weighted by Crippen LogP contribution is 2.44. The summed E-state index contributed by atoms with van der Waals surface area (Å²) >= 11 is 0. The minimum absolute atomic E-state index is 0.0385. The number of alkyl carbamates (subject to hydrolysis) is 1. The first-order chi connectivity index (χ1) is 13.3. The summed E-state index contributed by atoms with van der Waals surface area (Å²) in [6, 6.07) is 16.3. The third-order valence-electron chi connectivity index (χ3n) is 5.58. The molecule has 0 aliphatic heterocycles. The zero-order chi connectivity index (χ0) is 18.6. The normalized spacial score (nSPS) is 21.0. The van der Waals surface area contributed by atoms with Crippen molar-refractivity contribution in [2.45, 2.75) is 43.7 Å². The average Bonchev–Trinajstić information content (AvgIpc) is 3.02. The number of carbonyl (C=O) groups excluding carboxylic acids is 2. The van der Waals surface area contributed by atoms with E-state index >= 15 is 0 Å². The van der Waals surface area contributed by atoms with Crippen LogP contribution in [0.4, 0.5) is 4.79 Å². The van der Waals surface area contributed by atoms with E-state index in [1.807, 2.05) is 24.3 Å². The Labute approximate surface area is 158 Å². The van der Waals surface area contributed by atoms with Gasteiger partial charge in [-0.15, -0.1) is 0 Å². The summed E-state index contributed by atoms with van der Waals surface area (Å²) in [6.07, 6.45) is 2.85. The van der Waals surface area contributed by atoms with Gasteiger partial charge in [0.05, 0.1) is 6.04 Å². The number of rotatable bonds is 5. The summed E-state index contributed by atoms with van der Waals surface area (Å²) < 4.78 is 10.7. The van der Waals surface area contributed by atoms with Gasteiger partial charge in [-0.25, -0.2) is 4.79 Å². The second-order valence-corrected chi connectivity index (χ2v) is 7.13. The molecule has 2 aromatic carbocycles. The van der Waals surface area contributed by atoms with Gasteiger partial charge < -0.3 is 14.8 Å². The Hall–Kier alpha value is -2.82. The predicted octanol–water partition coefficient (Wildman–Crippen LogP) is 4.01. The fourth-order valence-corrected chi connectivity index (χ4v) is 4.29. The van der Waals surface area contributed by atoms with E-state index in [4.69, 9.17) is 9.47 Å². The van der Waals surface area contributed by atoms with E-state index in [0.29, 0.717) is 6.47 Å². The second kappa shape index (κ2) is 7.82. The first kappa shape index (κ1) is 17.6. The van der Waals surface area contributed by atoms with Crippen LogP contribution in [-0.2, 0) is 14.3 Å². The van der Waals surface area contributed by atoms with Crippen LogP contribution >= 0.6 is 0 Å². The Balaban J connectivity index is 1.43. The molecule has 0 aromatic heterocycles. The van der Waals surface area contributed by atoms with Crippen molar-refractivity contribution >= 4 is 12.6 Å².